The molecule has 0 spiro atoms. The number of nitrogens with zero attached hydrogens (tertiary/aromatic N) is 1. The average molecular weight is 272 g/mol. The van der Waals surface area contributed by atoms with E-state index < -0.39 is 0 Å². The van der Waals surface area contributed by atoms with E-state index in [4.69, 9.17) is 0 Å². The molecule has 0 bridgehead atoms. The van der Waals surface area contributed by atoms with Crippen molar-refractivity contribution in [2.24, 2.45) is 11.8 Å². The number of anilines is 1. The number of hydrogen-bond donors (Lipinski definition) is 1. The van der Waals surface area contributed by atoms with Gasteiger partial charge in [-0.05, 0) is 48.9 Å². The van der Waals surface area contributed by atoms with Crippen LogP contribution < -0.4 is 5.32 Å². The fraction of sp³-hybridized carbons (Fsp3) is 0.438. The van der Waals surface area contributed by atoms with Gasteiger partial charge in [0, 0.05) is 28.9 Å². The lowest BCUT2D eigenvalue weighted by atomic mass is 9.73. The van der Waals surface area contributed by atoms with Crippen molar-refractivity contribution in [2.45, 2.75) is 32.7 Å². The largest absolute Gasteiger partial charge is 0.382 e. The number of rotatable bonds is 4. The molecule has 1 heterocycles. The maximum Gasteiger partial charge on any atom is 0.123 e. The summed E-state index contributed by atoms with van der Waals surface area (Å²) in [4.78, 5) is 4.33. The van der Waals surface area contributed by atoms with Gasteiger partial charge in [0.1, 0.15) is 5.01 Å². The zero-order valence-electron chi connectivity index (χ0n) is 11.5. The number of aromatic nitrogens is 1. The maximum absolute atomic E-state index is 4.33. The molecule has 1 aliphatic rings. The van der Waals surface area contributed by atoms with Crippen LogP contribution >= 0.6 is 11.3 Å². The summed E-state index contributed by atoms with van der Waals surface area (Å²) >= 11 is 1.68. The summed E-state index contributed by atoms with van der Waals surface area (Å²) in [5, 5.41) is 6.73. The SMILES string of the molecule is CC(C)C1CC(Nc2ccc(-c3nccs3)cc2)C1. The quantitative estimate of drug-likeness (QED) is 0.875. The molecule has 1 aromatic heterocycles. The van der Waals surface area contributed by atoms with Crippen LogP contribution in [-0.2, 0) is 0 Å². The number of nitrogens with one attached hydrogen (secondary N) is 1. The van der Waals surface area contributed by atoms with E-state index in [9.17, 15) is 0 Å². The summed E-state index contributed by atoms with van der Waals surface area (Å²) in [7, 11) is 0. The zero-order valence-corrected chi connectivity index (χ0v) is 12.3. The highest BCUT2D eigenvalue weighted by Crippen LogP contribution is 2.35. The topological polar surface area (TPSA) is 24.9 Å². The Kier molecular flexibility index (Phi) is 3.56. The van der Waals surface area contributed by atoms with Crippen LogP contribution in [0.2, 0.25) is 0 Å². The summed E-state index contributed by atoms with van der Waals surface area (Å²) in [5.74, 6) is 1.73. The molecule has 1 fully saturated rings. The predicted molar refractivity (Wildman–Crippen MR) is 82.5 cm³/mol. The van der Waals surface area contributed by atoms with Crippen LogP contribution in [0.3, 0.4) is 0 Å². The molecule has 2 aromatic rings. The third-order valence-corrected chi connectivity index (χ3v) is 4.87. The molecule has 0 amide bonds. The van der Waals surface area contributed by atoms with E-state index in [1.165, 1.54) is 24.1 Å². The van der Waals surface area contributed by atoms with E-state index in [0.29, 0.717) is 6.04 Å². The molecule has 0 radical (unpaired) electrons. The predicted octanol–water partition coefficient (Wildman–Crippen LogP) is 4.66. The van der Waals surface area contributed by atoms with Gasteiger partial charge in [0.15, 0.2) is 0 Å². The molecule has 1 N–H and O–H groups in total. The van der Waals surface area contributed by atoms with Crippen LogP contribution in [0.25, 0.3) is 10.6 Å². The minimum atomic E-state index is 0.665. The first-order valence-electron chi connectivity index (χ1n) is 6.99. The summed E-state index contributed by atoms with van der Waals surface area (Å²) in [6, 6.07) is 9.30. The molecule has 1 saturated carbocycles. The Hall–Kier alpha value is -1.35. The summed E-state index contributed by atoms with van der Waals surface area (Å²) in [5.41, 5.74) is 2.43. The van der Waals surface area contributed by atoms with Crippen molar-refractivity contribution in [3.05, 3.63) is 35.8 Å². The van der Waals surface area contributed by atoms with Crippen LogP contribution in [0.15, 0.2) is 35.8 Å². The van der Waals surface area contributed by atoms with Crippen molar-refractivity contribution in [1.29, 1.82) is 0 Å². The average Bonchev–Trinajstić information content (AvgIpc) is 2.87. The highest BCUT2D eigenvalue weighted by Gasteiger charge is 2.30. The molecule has 0 unspecified atom stereocenters. The molecule has 0 saturated heterocycles. The van der Waals surface area contributed by atoms with Crippen LogP contribution in [-0.4, -0.2) is 11.0 Å². The molecular formula is C16H20N2S. The van der Waals surface area contributed by atoms with Crippen molar-refractivity contribution < 1.29 is 0 Å². The molecule has 3 heteroatoms. The molecule has 3 rings (SSSR count). The van der Waals surface area contributed by atoms with Crippen molar-refractivity contribution in [1.82, 2.24) is 4.98 Å². The second kappa shape index (κ2) is 5.33. The Morgan fingerprint density at radius 2 is 1.95 bits per heavy atom. The van der Waals surface area contributed by atoms with Gasteiger partial charge in [-0.1, -0.05) is 13.8 Å². The van der Waals surface area contributed by atoms with Crippen molar-refractivity contribution >= 4 is 17.0 Å². The van der Waals surface area contributed by atoms with Gasteiger partial charge in [0.25, 0.3) is 0 Å². The Morgan fingerprint density at radius 3 is 2.53 bits per heavy atom. The molecule has 19 heavy (non-hydrogen) atoms. The Morgan fingerprint density at radius 1 is 1.21 bits per heavy atom. The van der Waals surface area contributed by atoms with Gasteiger partial charge in [-0.25, -0.2) is 4.98 Å². The summed E-state index contributed by atoms with van der Waals surface area (Å²) in [6.07, 6.45) is 4.48. The standard InChI is InChI=1S/C16H20N2S/c1-11(2)13-9-15(10-13)18-14-5-3-12(4-6-14)16-17-7-8-19-16/h3-8,11,13,15,18H,9-10H2,1-2H3. The molecular weight excluding hydrogens is 252 g/mol. The first-order chi connectivity index (χ1) is 9.22. The van der Waals surface area contributed by atoms with Crippen LogP contribution in [0.5, 0.6) is 0 Å². The molecule has 1 aromatic carbocycles. The summed E-state index contributed by atoms with van der Waals surface area (Å²) in [6.45, 7) is 4.65. The van der Waals surface area contributed by atoms with Gasteiger partial charge < -0.3 is 5.32 Å². The normalized spacial score (nSPS) is 22.3. The van der Waals surface area contributed by atoms with Crippen LogP contribution in [0.4, 0.5) is 5.69 Å². The van der Waals surface area contributed by atoms with E-state index in [0.717, 1.165) is 16.8 Å². The molecule has 1 aliphatic carbocycles. The van der Waals surface area contributed by atoms with Gasteiger partial charge in [-0.3, -0.25) is 0 Å². The second-order valence-corrected chi connectivity index (χ2v) is 6.63. The first-order valence-corrected chi connectivity index (χ1v) is 7.87. The molecule has 100 valence electrons. The first kappa shape index (κ1) is 12.7. The highest BCUT2D eigenvalue weighted by atomic mass is 32.1. The fourth-order valence-electron chi connectivity index (χ4n) is 2.63. The Labute approximate surface area is 118 Å². The third-order valence-electron chi connectivity index (χ3n) is 4.05. The van der Waals surface area contributed by atoms with Gasteiger partial charge in [-0.15, -0.1) is 11.3 Å². The van der Waals surface area contributed by atoms with E-state index in [2.05, 4.69) is 48.4 Å². The Balaban J connectivity index is 1.59. The molecule has 0 aliphatic heterocycles. The lowest BCUT2D eigenvalue weighted by Gasteiger charge is -2.39. The maximum atomic E-state index is 4.33. The lowest BCUT2D eigenvalue weighted by Crippen LogP contribution is -2.37. The van der Waals surface area contributed by atoms with Crippen LogP contribution in [0, 0.1) is 11.8 Å². The van der Waals surface area contributed by atoms with Gasteiger partial charge in [-0.2, -0.15) is 0 Å². The van der Waals surface area contributed by atoms with Crippen molar-refractivity contribution in [3.8, 4) is 10.6 Å². The minimum Gasteiger partial charge on any atom is -0.382 e. The van der Waals surface area contributed by atoms with E-state index in [1.54, 1.807) is 11.3 Å². The number of thiazole rings is 1. The van der Waals surface area contributed by atoms with E-state index in [1.807, 2.05) is 11.6 Å². The molecule has 0 atom stereocenters. The minimum absolute atomic E-state index is 0.665. The molecule has 2 nitrogen and oxygen atoms in total. The van der Waals surface area contributed by atoms with Gasteiger partial charge in [0.05, 0.1) is 0 Å². The second-order valence-electron chi connectivity index (χ2n) is 5.73. The lowest BCUT2D eigenvalue weighted by molar-refractivity contribution is 0.212. The van der Waals surface area contributed by atoms with E-state index >= 15 is 0 Å². The van der Waals surface area contributed by atoms with Gasteiger partial charge in [0.2, 0.25) is 0 Å². The smallest absolute Gasteiger partial charge is 0.123 e. The van der Waals surface area contributed by atoms with E-state index in [-0.39, 0.29) is 0 Å². The monoisotopic (exact) mass is 272 g/mol. The number of hydrogen-bond acceptors (Lipinski definition) is 3. The van der Waals surface area contributed by atoms with Gasteiger partial charge >= 0.3 is 0 Å². The number of benzene rings is 1. The third kappa shape index (κ3) is 2.81. The van der Waals surface area contributed by atoms with Crippen LogP contribution in [0.1, 0.15) is 26.7 Å². The highest BCUT2D eigenvalue weighted by molar-refractivity contribution is 7.13. The zero-order chi connectivity index (χ0) is 13.2. The van der Waals surface area contributed by atoms with Crippen molar-refractivity contribution in [3.63, 3.8) is 0 Å². The Bertz CT molecular complexity index is 510. The summed E-state index contributed by atoms with van der Waals surface area (Å²) < 4.78 is 0. The van der Waals surface area contributed by atoms with Crippen molar-refractivity contribution in [2.75, 3.05) is 5.32 Å². The fourth-order valence-corrected chi connectivity index (χ4v) is 3.28.